The van der Waals surface area contributed by atoms with Crippen molar-refractivity contribution in [2.45, 2.75) is 6.92 Å². The summed E-state index contributed by atoms with van der Waals surface area (Å²) in [6.45, 7) is 2.43. The van der Waals surface area contributed by atoms with Crippen LogP contribution in [-0.4, -0.2) is 6.61 Å². The molecule has 0 N–H and O–H groups in total. The molecule has 0 bridgehead atoms. The molecule has 0 aliphatic carbocycles. The summed E-state index contributed by atoms with van der Waals surface area (Å²) in [6.07, 6.45) is 0. The van der Waals surface area contributed by atoms with Crippen LogP contribution in [0, 0.1) is 0 Å². The Morgan fingerprint density at radius 2 is 1.51 bits per heavy atom. The Morgan fingerprint density at radius 1 is 0.657 bits per heavy atom. The summed E-state index contributed by atoms with van der Waals surface area (Å²) in [7, 11) is 0. The van der Waals surface area contributed by atoms with Crippen LogP contribution in [0.25, 0.3) is 55.0 Å². The van der Waals surface area contributed by atoms with E-state index in [-0.39, 0.29) is 0 Å². The molecule has 0 saturated carbocycles. The van der Waals surface area contributed by atoms with Gasteiger partial charge in [-0.3, -0.25) is 0 Å². The minimum absolute atomic E-state index is 0.427. The average Bonchev–Trinajstić information content (AvgIpc) is 2.87. The van der Waals surface area contributed by atoms with Gasteiger partial charge in [-0.1, -0.05) is 48.5 Å². The number of hydrogen-bond donors (Lipinski definition) is 0. The Morgan fingerprint density at radius 3 is 2.40 bits per heavy atom. The molecule has 5 heteroatoms. The highest BCUT2D eigenvalue weighted by molar-refractivity contribution is 6.05. The van der Waals surface area contributed by atoms with E-state index in [1.165, 1.54) is 6.07 Å². The van der Waals surface area contributed by atoms with Gasteiger partial charge in [0.25, 0.3) is 0 Å². The first-order chi connectivity index (χ1) is 17.1. The molecule has 0 unspecified atom stereocenters. The molecule has 0 amide bonds. The van der Waals surface area contributed by atoms with Crippen molar-refractivity contribution in [1.29, 1.82) is 0 Å². The first-order valence-electron chi connectivity index (χ1n) is 11.4. The lowest BCUT2D eigenvalue weighted by Crippen LogP contribution is -2.03. The third-order valence-electron chi connectivity index (χ3n) is 6.15. The smallest absolute Gasteiger partial charge is 0.344 e. The SMILES string of the molecule is CCOc1ccc2cc(-c3ccc4oc(=O)cc(-c5cccc6ccccc56)c4c3)c(=O)oc2c1. The molecule has 0 aliphatic rings. The van der Waals surface area contributed by atoms with Crippen molar-refractivity contribution in [3.63, 3.8) is 0 Å². The van der Waals surface area contributed by atoms with Crippen LogP contribution in [0.15, 0.2) is 109 Å². The van der Waals surface area contributed by atoms with Gasteiger partial charge < -0.3 is 13.6 Å². The van der Waals surface area contributed by atoms with Crippen LogP contribution in [-0.2, 0) is 0 Å². The quantitative estimate of drug-likeness (QED) is 0.271. The van der Waals surface area contributed by atoms with Crippen molar-refractivity contribution < 1.29 is 13.6 Å². The predicted octanol–water partition coefficient (Wildman–Crippen LogP) is 6.79. The summed E-state index contributed by atoms with van der Waals surface area (Å²) in [6, 6.07) is 28.2. The van der Waals surface area contributed by atoms with Gasteiger partial charge >= 0.3 is 11.3 Å². The molecule has 0 radical (unpaired) electrons. The highest BCUT2D eigenvalue weighted by atomic mass is 16.5. The molecule has 5 nitrogen and oxygen atoms in total. The topological polar surface area (TPSA) is 69.7 Å². The van der Waals surface area contributed by atoms with E-state index in [0.29, 0.717) is 34.6 Å². The van der Waals surface area contributed by atoms with Gasteiger partial charge in [0.2, 0.25) is 0 Å². The highest BCUT2D eigenvalue weighted by Crippen LogP contribution is 2.35. The van der Waals surface area contributed by atoms with Crippen molar-refractivity contribution in [2.24, 2.45) is 0 Å². The Kier molecular flexibility index (Phi) is 4.96. The van der Waals surface area contributed by atoms with Crippen LogP contribution < -0.4 is 16.0 Å². The standard InChI is InChI=1S/C30H20O5/c1-2-33-21-12-10-20-15-24(30(32)35-28(20)16-21)19-11-13-27-26(14-19)25(17-29(31)34-27)23-9-5-7-18-6-3-4-8-22(18)23/h3-17H,2H2,1H3. The van der Waals surface area contributed by atoms with Gasteiger partial charge in [-0.2, -0.15) is 0 Å². The molecule has 4 aromatic carbocycles. The molecule has 2 heterocycles. The summed E-state index contributed by atoms with van der Waals surface area (Å²) >= 11 is 0. The molecule has 170 valence electrons. The van der Waals surface area contributed by atoms with Crippen LogP contribution in [0.1, 0.15) is 6.92 Å². The van der Waals surface area contributed by atoms with E-state index in [4.69, 9.17) is 13.6 Å². The summed E-state index contributed by atoms with van der Waals surface area (Å²) in [5.74, 6) is 0.649. The van der Waals surface area contributed by atoms with E-state index in [1.807, 2.05) is 73.7 Å². The molecule has 0 atom stereocenters. The molecular formula is C30H20O5. The number of fused-ring (bicyclic) bond motifs is 3. The summed E-state index contributed by atoms with van der Waals surface area (Å²) in [4.78, 5) is 25.3. The zero-order chi connectivity index (χ0) is 23.9. The predicted molar refractivity (Wildman–Crippen MR) is 138 cm³/mol. The summed E-state index contributed by atoms with van der Waals surface area (Å²) in [5, 5.41) is 3.63. The highest BCUT2D eigenvalue weighted by Gasteiger charge is 2.14. The van der Waals surface area contributed by atoms with Crippen LogP contribution in [0.4, 0.5) is 0 Å². The van der Waals surface area contributed by atoms with E-state index >= 15 is 0 Å². The van der Waals surface area contributed by atoms with Crippen molar-refractivity contribution >= 4 is 32.7 Å². The monoisotopic (exact) mass is 460 g/mol. The number of hydrogen-bond acceptors (Lipinski definition) is 5. The second-order valence-electron chi connectivity index (χ2n) is 8.30. The maximum Gasteiger partial charge on any atom is 0.344 e. The molecule has 0 aliphatic heterocycles. The van der Waals surface area contributed by atoms with Crippen molar-refractivity contribution in [1.82, 2.24) is 0 Å². The van der Waals surface area contributed by atoms with Gasteiger partial charge in [-0.05, 0) is 59.2 Å². The van der Waals surface area contributed by atoms with Crippen LogP contribution in [0.5, 0.6) is 5.75 Å². The third kappa shape index (κ3) is 3.67. The van der Waals surface area contributed by atoms with Crippen molar-refractivity contribution in [3.8, 4) is 28.0 Å². The van der Waals surface area contributed by atoms with E-state index < -0.39 is 11.3 Å². The Balaban J connectivity index is 1.57. The lowest BCUT2D eigenvalue weighted by Gasteiger charge is -2.11. The molecule has 35 heavy (non-hydrogen) atoms. The fourth-order valence-electron chi connectivity index (χ4n) is 4.56. The van der Waals surface area contributed by atoms with Gasteiger partial charge in [0.15, 0.2) is 0 Å². The van der Waals surface area contributed by atoms with Gasteiger partial charge in [-0.15, -0.1) is 0 Å². The van der Waals surface area contributed by atoms with E-state index in [2.05, 4.69) is 0 Å². The van der Waals surface area contributed by atoms with Crippen LogP contribution in [0.3, 0.4) is 0 Å². The fraction of sp³-hybridized carbons (Fsp3) is 0.0667. The Hall–Kier alpha value is -4.64. The average molecular weight is 460 g/mol. The lowest BCUT2D eigenvalue weighted by atomic mass is 9.94. The van der Waals surface area contributed by atoms with Gasteiger partial charge in [0.1, 0.15) is 16.9 Å². The van der Waals surface area contributed by atoms with Crippen LogP contribution in [0.2, 0.25) is 0 Å². The Bertz CT molecular complexity index is 1850. The summed E-state index contributed by atoms with van der Waals surface area (Å²) in [5.41, 5.74) is 2.83. The molecule has 0 saturated heterocycles. The first-order valence-corrected chi connectivity index (χ1v) is 11.4. The van der Waals surface area contributed by atoms with E-state index in [9.17, 15) is 9.59 Å². The summed E-state index contributed by atoms with van der Waals surface area (Å²) < 4.78 is 16.6. The normalized spacial score (nSPS) is 11.3. The zero-order valence-corrected chi connectivity index (χ0v) is 18.9. The number of ether oxygens (including phenoxy) is 1. The van der Waals surface area contributed by atoms with Gasteiger partial charge in [-0.25, -0.2) is 9.59 Å². The molecule has 0 fully saturated rings. The largest absolute Gasteiger partial charge is 0.494 e. The minimum Gasteiger partial charge on any atom is -0.494 e. The second kappa shape index (κ2) is 8.29. The molecular weight excluding hydrogens is 440 g/mol. The zero-order valence-electron chi connectivity index (χ0n) is 18.9. The second-order valence-corrected chi connectivity index (χ2v) is 8.30. The number of rotatable bonds is 4. The number of benzene rings is 4. The third-order valence-corrected chi connectivity index (χ3v) is 6.15. The minimum atomic E-state index is -0.449. The van der Waals surface area contributed by atoms with Crippen molar-refractivity contribution in [2.75, 3.05) is 6.61 Å². The molecule has 6 aromatic rings. The lowest BCUT2D eigenvalue weighted by molar-refractivity contribution is 0.340. The first kappa shape index (κ1) is 20.9. The van der Waals surface area contributed by atoms with Gasteiger partial charge in [0, 0.05) is 28.5 Å². The van der Waals surface area contributed by atoms with Crippen LogP contribution >= 0.6 is 0 Å². The molecule has 6 rings (SSSR count). The molecule has 2 aromatic heterocycles. The maximum absolute atomic E-state index is 12.9. The Labute approximate surface area is 199 Å². The van der Waals surface area contributed by atoms with E-state index in [1.54, 1.807) is 18.2 Å². The maximum atomic E-state index is 12.9. The van der Waals surface area contributed by atoms with E-state index in [0.717, 1.165) is 32.7 Å². The molecule has 0 spiro atoms. The van der Waals surface area contributed by atoms with Crippen molar-refractivity contribution in [3.05, 3.63) is 112 Å². The fourth-order valence-corrected chi connectivity index (χ4v) is 4.56. The van der Waals surface area contributed by atoms with Gasteiger partial charge in [0.05, 0.1) is 12.2 Å².